The first-order valence-corrected chi connectivity index (χ1v) is 5.10. The Morgan fingerprint density at radius 1 is 1.47 bits per heavy atom. The lowest BCUT2D eigenvalue weighted by molar-refractivity contribution is -0.149. The average Bonchev–Trinajstić information content (AvgIpc) is 2.56. The summed E-state index contributed by atoms with van der Waals surface area (Å²) in [6, 6.07) is -0.625. The van der Waals surface area contributed by atoms with Crippen LogP contribution in [-0.2, 0) is 14.3 Å². The summed E-state index contributed by atoms with van der Waals surface area (Å²) < 4.78 is 4.81. The van der Waals surface area contributed by atoms with E-state index in [2.05, 4.69) is 0 Å². The van der Waals surface area contributed by atoms with Crippen molar-refractivity contribution in [3.63, 3.8) is 0 Å². The Labute approximate surface area is 89.0 Å². The quantitative estimate of drug-likeness (QED) is 0.741. The lowest BCUT2D eigenvalue weighted by atomic mass is 10.2. The van der Waals surface area contributed by atoms with Crippen molar-refractivity contribution in [1.82, 2.24) is 4.90 Å². The van der Waals surface area contributed by atoms with Crippen LogP contribution in [0.3, 0.4) is 0 Å². The van der Waals surface area contributed by atoms with Gasteiger partial charge in [0.15, 0.2) is 0 Å². The van der Waals surface area contributed by atoms with Crippen LogP contribution >= 0.6 is 0 Å². The molecule has 86 valence electrons. The molecule has 0 aromatic carbocycles. The van der Waals surface area contributed by atoms with Crippen LogP contribution in [0, 0.1) is 0 Å². The summed E-state index contributed by atoms with van der Waals surface area (Å²) in [5, 5.41) is 8.95. The minimum Gasteiger partial charge on any atom is -0.480 e. The number of carboxylic acid groups (broad SMARTS) is 1. The molecule has 0 aromatic rings. The van der Waals surface area contributed by atoms with Gasteiger partial charge in [-0.05, 0) is 19.8 Å². The zero-order valence-electron chi connectivity index (χ0n) is 9.10. The highest BCUT2D eigenvalue weighted by Gasteiger charge is 2.38. The summed E-state index contributed by atoms with van der Waals surface area (Å²) in [5.74, 6) is -1.04. The Morgan fingerprint density at radius 2 is 2.13 bits per heavy atom. The molecule has 0 aromatic heterocycles. The van der Waals surface area contributed by atoms with Crippen molar-refractivity contribution in [3.8, 4) is 0 Å². The number of nitrogens with zero attached hydrogens (tertiary/aromatic N) is 1. The number of amides is 1. The fourth-order valence-corrected chi connectivity index (χ4v) is 1.96. The maximum absolute atomic E-state index is 11.7. The van der Waals surface area contributed by atoms with Crippen molar-refractivity contribution >= 4 is 11.9 Å². The van der Waals surface area contributed by atoms with E-state index in [0.29, 0.717) is 13.0 Å². The van der Waals surface area contributed by atoms with Crippen LogP contribution in [0.1, 0.15) is 26.2 Å². The Morgan fingerprint density at radius 3 is 2.67 bits per heavy atom. The molecule has 1 heterocycles. The van der Waals surface area contributed by atoms with Crippen LogP contribution in [0.25, 0.3) is 0 Å². The molecule has 5 nitrogen and oxygen atoms in total. The standard InChI is InChI=1S/C10H17NO4/c1-7-3-4-8(10(13)14)11(7)9(12)5-6-15-2/h7-8H,3-6H2,1-2H3,(H,13,14)/t7-,8-/m0/s1. The highest BCUT2D eigenvalue weighted by atomic mass is 16.5. The normalized spacial score (nSPS) is 25.6. The molecule has 5 heteroatoms. The van der Waals surface area contributed by atoms with Crippen molar-refractivity contribution < 1.29 is 19.4 Å². The molecule has 0 spiro atoms. The van der Waals surface area contributed by atoms with Crippen molar-refractivity contribution in [2.75, 3.05) is 13.7 Å². The second kappa shape index (κ2) is 5.11. The smallest absolute Gasteiger partial charge is 0.326 e. The molecule has 1 saturated heterocycles. The van der Waals surface area contributed by atoms with E-state index in [1.54, 1.807) is 0 Å². The molecule has 0 radical (unpaired) electrons. The maximum atomic E-state index is 11.7. The van der Waals surface area contributed by atoms with Crippen LogP contribution in [0.2, 0.25) is 0 Å². The molecule has 15 heavy (non-hydrogen) atoms. The van der Waals surface area contributed by atoms with Gasteiger partial charge >= 0.3 is 5.97 Å². The number of hydrogen-bond donors (Lipinski definition) is 1. The zero-order chi connectivity index (χ0) is 11.4. The first-order valence-electron chi connectivity index (χ1n) is 5.10. The molecule has 0 saturated carbocycles. The summed E-state index contributed by atoms with van der Waals surface area (Å²) >= 11 is 0. The summed E-state index contributed by atoms with van der Waals surface area (Å²) in [5.41, 5.74) is 0. The number of rotatable bonds is 4. The van der Waals surface area contributed by atoms with Crippen LogP contribution in [-0.4, -0.2) is 47.7 Å². The Kier molecular flexibility index (Phi) is 4.08. The molecular weight excluding hydrogens is 198 g/mol. The van der Waals surface area contributed by atoms with E-state index in [0.717, 1.165) is 6.42 Å². The van der Waals surface area contributed by atoms with Gasteiger partial charge in [-0.2, -0.15) is 0 Å². The third-order valence-corrected chi connectivity index (χ3v) is 2.76. The lowest BCUT2D eigenvalue weighted by Gasteiger charge is -2.25. The predicted octanol–water partition coefficient (Wildman–Crippen LogP) is 0.487. The van der Waals surface area contributed by atoms with Gasteiger partial charge in [-0.1, -0.05) is 0 Å². The minimum atomic E-state index is -0.912. The zero-order valence-corrected chi connectivity index (χ0v) is 9.10. The van der Waals surface area contributed by atoms with Gasteiger partial charge in [0, 0.05) is 13.2 Å². The first-order chi connectivity index (χ1) is 7.07. The van der Waals surface area contributed by atoms with Gasteiger partial charge in [0.1, 0.15) is 6.04 Å². The molecule has 1 aliphatic rings. The second-order valence-corrected chi connectivity index (χ2v) is 3.82. The van der Waals surface area contributed by atoms with E-state index in [4.69, 9.17) is 9.84 Å². The van der Waals surface area contributed by atoms with Gasteiger partial charge in [-0.15, -0.1) is 0 Å². The Bertz CT molecular complexity index is 254. The number of carbonyl (C=O) groups is 2. The minimum absolute atomic E-state index is 0.0236. The number of ether oxygens (including phenoxy) is 1. The van der Waals surface area contributed by atoms with E-state index >= 15 is 0 Å². The fraction of sp³-hybridized carbons (Fsp3) is 0.800. The van der Waals surface area contributed by atoms with Crippen LogP contribution in [0.4, 0.5) is 0 Å². The highest BCUT2D eigenvalue weighted by Crippen LogP contribution is 2.24. The summed E-state index contributed by atoms with van der Waals surface area (Å²) in [6.07, 6.45) is 1.57. The number of methoxy groups -OCH3 is 1. The van der Waals surface area contributed by atoms with E-state index in [1.165, 1.54) is 12.0 Å². The van der Waals surface area contributed by atoms with Gasteiger partial charge in [0.25, 0.3) is 0 Å². The van der Waals surface area contributed by atoms with E-state index in [9.17, 15) is 9.59 Å². The molecule has 1 aliphatic heterocycles. The van der Waals surface area contributed by atoms with Gasteiger partial charge in [-0.3, -0.25) is 4.79 Å². The molecule has 0 unspecified atom stereocenters. The van der Waals surface area contributed by atoms with Crippen molar-refractivity contribution in [2.45, 2.75) is 38.3 Å². The lowest BCUT2D eigenvalue weighted by Crippen LogP contribution is -2.44. The number of carbonyl (C=O) groups excluding carboxylic acids is 1. The third-order valence-electron chi connectivity index (χ3n) is 2.76. The fourth-order valence-electron chi connectivity index (χ4n) is 1.96. The number of carboxylic acids is 1. The topological polar surface area (TPSA) is 66.8 Å². The van der Waals surface area contributed by atoms with Crippen LogP contribution in [0.15, 0.2) is 0 Å². The molecule has 1 fully saturated rings. The second-order valence-electron chi connectivity index (χ2n) is 3.82. The maximum Gasteiger partial charge on any atom is 0.326 e. The Hall–Kier alpha value is -1.10. The number of aliphatic carboxylic acids is 1. The van der Waals surface area contributed by atoms with E-state index < -0.39 is 12.0 Å². The van der Waals surface area contributed by atoms with Crippen molar-refractivity contribution in [1.29, 1.82) is 0 Å². The van der Waals surface area contributed by atoms with Gasteiger partial charge < -0.3 is 14.7 Å². The molecular formula is C10H17NO4. The van der Waals surface area contributed by atoms with Crippen molar-refractivity contribution in [2.24, 2.45) is 0 Å². The van der Waals surface area contributed by atoms with Gasteiger partial charge in [0.05, 0.1) is 13.0 Å². The Balaban J connectivity index is 2.63. The van der Waals surface area contributed by atoms with E-state index in [1.807, 2.05) is 6.92 Å². The van der Waals surface area contributed by atoms with Gasteiger partial charge in [0.2, 0.25) is 5.91 Å². The highest BCUT2D eigenvalue weighted by molar-refractivity contribution is 5.84. The molecule has 2 atom stereocenters. The number of hydrogen-bond acceptors (Lipinski definition) is 3. The molecule has 1 rings (SSSR count). The monoisotopic (exact) mass is 215 g/mol. The molecule has 0 bridgehead atoms. The molecule has 1 N–H and O–H groups in total. The van der Waals surface area contributed by atoms with Gasteiger partial charge in [-0.25, -0.2) is 4.79 Å². The first kappa shape index (κ1) is 12.0. The summed E-state index contributed by atoms with van der Waals surface area (Å²) in [4.78, 5) is 24.1. The largest absolute Gasteiger partial charge is 0.480 e. The molecule has 1 amide bonds. The van der Waals surface area contributed by atoms with Crippen LogP contribution in [0.5, 0.6) is 0 Å². The molecule has 0 aliphatic carbocycles. The van der Waals surface area contributed by atoms with Crippen molar-refractivity contribution in [3.05, 3.63) is 0 Å². The van der Waals surface area contributed by atoms with E-state index in [-0.39, 0.29) is 18.4 Å². The summed E-state index contributed by atoms with van der Waals surface area (Å²) in [7, 11) is 1.52. The van der Waals surface area contributed by atoms with Crippen LogP contribution < -0.4 is 0 Å². The number of likely N-dealkylation sites (tertiary alicyclic amines) is 1. The third kappa shape index (κ3) is 2.68. The average molecular weight is 215 g/mol. The SMILES string of the molecule is COCCC(=O)N1[C@@H](C)CC[C@H]1C(=O)O. The summed E-state index contributed by atoms with van der Waals surface area (Å²) in [6.45, 7) is 2.22. The predicted molar refractivity (Wildman–Crippen MR) is 53.5 cm³/mol.